The molecule has 1 aromatic heterocycles. The van der Waals surface area contributed by atoms with Gasteiger partial charge in [-0.15, -0.1) is 0 Å². The van der Waals surface area contributed by atoms with Crippen LogP contribution in [0.1, 0.15) is 60.0 Å². The first-order valence-electron chi connectivity index (χ1n) is 10.2. The van der Waals surface area contributed by atoms with E-state index in [9.17, 15) is 9.59 Å². The lowest BCUT2D eigenvalue weighted by molar-refractivity contribution is -0.124. The van der Waals surface area contributed by atoms with Crippen molar-refractivity contribution < 1.29 is 9.59 Å². The van der Waals surface area contributed by atoms with Crippen LogP contribution in [0.2, 0.25) is 0 Å². The van der Waals surface area contributed by atoms with Gasteiger partial charge >= 0.3 is 0 Å². The van der Waals surface area contributed by atoms with E-state index >= 15 is 0 Å². The van der Waals surface area contributed by atoms with Crippen LogP contribution in [-0.2, 0) is 17.9 Å². The van der Waals surface area contributed by atoms with Gasteiger partial charge in [0.25, 0.3) is 5.91 Å². The topological polar surface area (TPSA) is 62.3 Å². The minimum absolute atomic E-state index is 0.0647. The summed E-state index contributed by atoms with van der Waals surface area (Å²) < 4.78 is 0. The highest BCUT2D eigenvalue weighted by molar-refractivity contribution is 5.98. The maximum atomic E-state index is 12.8. The number of aromatic nitrogens is 1. The molecule has 0 saturated heterocycles. The van der Waals surface area contributed by atoms with Gasteiger partial charge in [-0.05, 0) is 41.5 Å². The van der Waals surface area contributed by atoms with Crippen molar-refractivity contribution in [2.75, 3.05) is 6.54 Å². The SMILES string of the molecule is O=C(CC1(CN2Cc3ccccc3C2=O)CCCCC1)NCc1cccnc1. The summed E-state index contributed by atoms with van der Waals surface area (Å²) in [6, 6.07) is 11.7. The zero-order valence-electron chi connectivity index (χ0n) is 16.2. The number of rotatable bonds is 6. The summed E-state index contributed by atoms with van der Waals surface area (Å²) in [5, 5.41) is 3.04. The predicted octanol–water partition coefficient (Wildman–Crippen LogP) is 3.69. The van der Waals surface area contributed by atoms with E-state index in [4.69, 9.17) is 0 Å². The van der Waals surface area contributed by atoms with E-state index in [2.05, 4.69) is 10.3 Å². The summed E-state index contributed by atoms with van der Waals surface area (Å²) in [6.45, 7) is 1.83. The van der Waals surface area contributed by atoms with Gasteiger partial charge in [-0.3, -0.25) is 14.6 Å². The molecule has 4 rings (SSSR count). The summed E-state index contributed by atoms with van der Waals surface area (Å²) in [4.78, 5) is 31.6. The van der Waals surface area contributed by atoms with E-state index in [1.54, 1.807) is 12.4 Å². The van der Waals surface area contributed by atoms with Crippen LogP contribution in [0.3, 0.4) is 0 Å². The number of amides is 2. The minimum atomic E-state index is -0.116. The first-order valence-corrected chi connectivity index (χ1v) is 10.2. The van der Waals surface area contributed by atoms with Crippen LogP contribution in [-0.4, -0.2) is 28.2 Å². The number of carbonyl (C=O) groups excluding carboxylic acids is 2. The summed E-state index contributed by atoms with van der Waals surface area (Å²) >= 11 is 0. The van der Waals surface area contributed by atoms with Crippen LogP contribution in [0.4, 0.5) is 0 Å². The third-order valence-corrected chi connectivity index (χ3v) is 6.08. The number of fused-ring (bicyclic) bond motifs is 1. The molecule has 5 nitrogen and oxygen atoms in total. The first-order chi connectivity index (χ1) is 13.7. The second-order valence-corrected chi connectivity index (χ2v) is 8.19. The van der Waals surface area contributed by atoms with Gasteiger partial charge < -0.3 is 10.2 Å². The van der Waals surface area contributed by atoms with Crippen molar-refractivity contribution in [2.24, 2.45) is 5.41 Å². The Balaban J connectivity index is 1.42. The van der Waals surface area contributed by atoms with Gasteiger partial charge in [0.2, 0.25) is 5.91 Å². The molecule has 1 aromatic carbocycles. The second kappa shape index (κ2) is 8.13. The molecular weight excluding hydrogens is 350 g/mol. The second-order valence-electron chi connectivity index (χ2n) is 8.19. The Morgan fingerprint density at radius 1 is 1.11 bits per heavy atom. The normalized spacial score (nSPS) is 18.0. The molecule has 1 saturated carbocycles. The van der Waals surface area contributed by atoms with Gasteiger partial charge in [0.05, 0.1) is 0 Å². The van der Waals surface area contributed by atoms with Crippen LogP contribution in [0.15, 0.2) is 48.8 Å². The fourth-order valence-corrected chi connectivity index (χ4v) is 4.65. The van der Waals surface area contributed by atoms with E-state index in [1.165, 1.54) is 6.42 Å². The molecule has 2 aliphatic rings. The molecule has 0 bridgehead atoms. The summed E-state index contributed by atoms with van der Waals surface area (Å²) in [5.41, 5.74) is 2.79. The van der Waals surface area contributed by atoms with Gasteiger partial charge in [0.1, 0.15) is 0 Å². The van der Waals surface area contributed by atoms with Crippen LogP contribution in [0.25, 0.3) is 0 Å². The Morgan fingerprint density at radius 2 is 1.93 bits per heavy atom. The van der Waals surface area contributed by atoms with E-state index < -0.39 is 0 Å². The maximum Gasteiger partial charge on any atom is 0.254 e. The van der Waals surface area contributed by atoms with Crippen molar-refractivity contribution in [3.05, 3.63) is 65.5 Å². The zero-order valence-corrected chi connectivity index (χ0v) is 16.2. The Kier molecular flexibility index (Phi) is 5.42. The molecule has 0 spiro atoms. The fraction of sp³-hybridized carbons (Fsp3) is 0.435. The average Bonchev–Trinajstić information content (AvgIpc) is 3.03. The van der Waals surface area contributed by atoms with Crippen molar-refractivity contribution in [2.45, 2.75) is 51.6 Å². The number of benzene rings is 1. The van der Waals surface area contributed by atoms with Crippen LogP contribution >= 0.6 is 0 Å². The highest BCUT2D eigenvalue weighted by Crippen LogP contribution is 2.41. The minimum Gasteiger partial charge on any atom is -0.352 e. The fourth-order valence-electron chi connectivity index (χ4n) is 4.65. The molecule has 5 heteroatoms. The largest absolute Gasteiger partial charge is 0.352 e. The molecule has 1 aliphatic heterocycles. The number of hydrogen-bond donors (Lipinski definition) is 1. The van der Waals surface area contributed by atoms with Gasteiger partial charge in [-0.25, -0.2) is 0 Å². The van der Waals surface area contributed by atoms with E-state index in [-0.39, 0.29) is 17.2 Å². The molecular formula is C23H27N3O2. The van der Waals surface area contributed by atoms with E-state index in [0.717, 1.165) is 42.4 Å². The lowest BCUT2D eigenvalue weighted by Gasteiger charge is -2.39. The monoisotopic (exact) mass is 377 g/mol. The number of nitrogens with one attached hydrogen (secondary N) is 1. The maximum absolute atomic E-state index is 12.8. The van der Waals surface area contributed by atoms with E-state index in [0.29, 0.717) is 26.1 Å². The van der Waals surface area contributed by atoms with Gasteiger partial charge in [-0.2, -0.15) is 0 Å². The van der Waals surface area contributed by atoms with Gasteiger partial charge in [0.15, 0.2) is 0 Å². The summed E-state index contributed by atoms with van der Waals surface area (Å²) in [7, 11) is 0. The molecule has 0 radical (unpaired) electrons. The van der Waals surface area contributed by atoms with Gasteiger partial charge in [0, 0.05) is 44.0 Å². The molecule has 0 unspecified atom stereocenters. The smallest absolute Gasteiger partial charge is 0.254 e. The molecule has 146 valence electrons. The summed E-state index contributed by atoms with van der Waals surface area (Å²) in [6.07, 6.45) is 9.47. The van der Waals surface area contributed by atoms with Crippen molar-refractivity contribution in [1.82, 2.24) is 15.2 Å². The lowest BCUT2D eigenvalue weighted by Crippen LogP contribution is -2.42. The van der Waals surface area contributed by atoms with E-state index in [1.807, 2.05) is 41.3 Å². The summed E-state index contributed by atoms with van der Waals surface area (Å²) in [5.74, 6) is 0.172. The lowest BCUT2D eigenvalue weighted by atomic mass is 9.71. The quantitative estimate of drug-likeness (QED) is 0.835. The first kappa shape index (κ1) is 18.7. The van der Waals surface area contributed by atoms with Crippen LogP contribution < -0.4 is 5.32 Å². The average molecular weight is 377 g/mol. The third-order valence-electron chi connectivity index (χ3n) is 6.08. The highest BCUT2D eigenvalue weighted by Gasteiger charge is 2.39. The Hall–Kier alpha value is -2.69. The number of pyridine rings is 1. The molecule has 1 fully saturated rings. The Bertz CT molecular complexity index is 844. The predicted molar refractivity (Wildman–Crippen MR) is 107 cm³/mol. The molecule has 1 aliphatic carbocycles. The van der Waals surface area contributed by atoms with Gasteiger partial charge in [-0.1, -0.05) is 43.5 Å². The van der Waals surface area contributed by atoms with Crippen LogP contribution in [0, 0.1) is 5.41 Å². The number of nitrogens with zero attached hydrogens (tertiary/aromatic N) is 2. The van der Waals surface area contributed by atoms with Crippen molar-refractivity contribution >= 4 is 11.8 Å². The van der Waals surface area contributed by atoms with Crippen molar-refractivity contribution in [3.8, 4) is 0 Å². The van der Waals surface area contributed by atoms with Crippen molar-refractivity contribution in [1.29, 1.82) is 0 Å². The van der Waals surface area contributed by atoms with Crippen molar-refractivity contribution in [3.63, 3.8) is 0 Å². The number of carbonyl (C=O) groups is 2. The molecule has 1 N–H and O–H groups in total. The molecule has 0 atom stereocenters. The Labute approximate surface area is 166 Å². The molecule has 2 amide bonds. The standard InChI is InChI=1S/C23H27N3O2/c27-21(25-15-18-7-6-12-24-14-18)13-23(10-4-1-5-11-23)17-26-16-19-8-2-3-9-20(19)22(26)28/h2-3,6-9,12,14H,1,4-5,10-11,13,15-17H2,(H,25,27). The highest BCUT2D eigenvalue weighted by atomic mass is 16.2. The number of hydrogen-bond acceptors (Lipinski definition) is 3. The zero-order chi connectivity index (χ0) is 19.4. The van der Waals surface area contributed by atoms with Crippen LogP contribution in [0.5, 0.6) is 0 Å². The molecule has 28 heavy (non-hydrogen) atoms. The molecule has 2 aromatic rings. The Morgan fingerprint density at radius 3 is 2.68 bits per heavy atom. The third kappa shape index (κ3) is 4.08. The molecule has 2 heterocycles.